The van der Waals surface area contributed by atoms with Crippen molar-refractivity contribution < 1.29 is 9.53 Å². The third kappa shape index (κ3) is 3.40. The van der Waals surface area contributed by atoms with Gasteiger partial charge in [-0.3, -0.25) is 4.79 Å². The number of ether oxygens (including phenoxy) is 1. The predicted octanol–water partition coefficient (Wildman–Crippen LogP) is 2.00. The normalized spacial score (nSPS) is 14.7. The number of carbonyl (C=O) groups is 1. The van der Waals surface area contributed by atoms with Crippen LogP contribution in [0.25, 0.3) is 0 Å². The van der Waals surface area contributed by atoms with Crippen LogP contribution < -0.4 is 5.32 Å². The molecule has 1 N–H and O–H groups in total. The van der Waals surface area contributed by atoms with E-state index in [1.165, 1.54) is 5.56 Å². The third-order valence-electron chi connectivity index (χ3n) is 3.48. The Hall–Kier alpha value is -2.47. The highest BCUT2D eigenvalue weighted by molar-refractivity contribution is 5.92. The molecule has 2 aromatic rings. The van der Waals surface area contributed by atoms with Gasteiger partial charge in [-0.15, -0.1) is 0 Å². The van der Waals surface area contributed by atoms with Crippen molar-refractivity contribution in [3.63, 3.8) is 0 Å². The van der Waals surface area contributed by atoms with Crippen molar-refractivity contribution in [1.82, 2.24) is 14.9 Å². The van der Waals surface area contributed by atoms with Crippen molar-refractivity contribution in [1.29, 1.82) is 0 Å². The summed E-state index contributed by atoms with van der Waals surface area (Å²) in [6.45, 7) is 4.38. The van der Waals surface area contributed by atoms with E-state index in [2.05, 4.69) is 15.3 Å². The molecule has 0 saturated carbocycles. The number of aromatic nitrogens is 2. The Bertz CT molecular complexity index is 651. The van der Waals surface area contributed by atoms with Crippen LogP contribution >= 0.6 is 0 Å². The molecule has 0 spiro atoms. The lowest BCUT2D eigenvalue weighted by molar-refractivity contribution is 0.0299. The zero-order chi connectivity index (χ0) is 15.4. The van der Waals surface area contributed by atoms with Gasteiger partial charge in [0.15, 0.2) is 0 Å². The highest BCUT2D eigenvalue weighted by Crippen LogP contribution is 2.14. The maximum absolute atomic E-state index is 12.4. The first-order valence-electron chi connectivity index (χ1n) is 7.26. The standard InChI is InChI=1S/C16H18N4O2/c1-12-2-4-13(5-3-12)18-16-17-7-6-14(19-16)15(21)20-8-10-22-11-9-20/h2-7H,8-11H2,1H3,(H,17,18,19). The second kappa shape index (κ2) is 6.53. The highest BCUT2D eigenvalue weighted by atomic mass is 16.5. The van der Waals surface area contributed by atoms with E-state index >= 15 is 0 Å². The summed E-state index contributed by atoms with van der Waals surface area (Å²) in [6.07, 6.45) is 1.59. The van der Waals surface area contributed by atoms with Crippen molar-refractivity contribution in [3.05, 3.63) is 47.8 Å². The monoisotopic (exact) mass is 298 g/mol. The SMILES string of the molecule is Cc1ccc(Nc2nccc(C(=O)N3CCOCC3)n2)cc1. The molecule has 1 fully saturated rings. The molecule has 2 heterocycles. The van der Waals surface area contributed by atoms with E-state index in [4.69, 9.17) is 4.74 Å². The number of morpholine rings is 1. The number of amides is 1. The molecule has 0 atom stereocenters. The first-order chi connectivity index (χ1) is 10.7. The number of aryl methyl sites for hydroxylation is 1. The first kappa shape index (κ1) is 14.5. The molecule has 1 aliphatic heterocycles. The van der Waals surface area contributed by atoms with Gasteiger partial charge in [0.2, 0.25) is 5.95 Å². The van der Waals surface area contributed by atoms with Crippen molar-refractivity contribution in [2.45, 2.75) is 6.92 Å². The third-order valence-corrected chi connectivity index (χ3v) is 3.48. The lowest BCUT2D eigenvalue weighted by Gasteiger charge is -2.26. The molecule has 22 heavy (non-hydrogen) atoms. The van der Waals surface area contributed by atoms with Gasteiger partial charge >= 0.3 is 0 Å². The second-order valence-corrected chi connectivity index (χ2v) is 5.16. The number of rotatable bonds is 3. The van der Waals surface area contributed by atoms with Gasteiger partial charge in [-0.1, -0.05) is 17.7 Å². The van der Waals surface area contributed by atoms with E-state index in [0.717, 1.165) is 5.69 Å². The van der Waals surface area contributed by atoms with Crippen LogP contribution in [0.1, 0.15) is 16.1 Å². The largest absolute Gasteiger partial charge is 0.378 e. The molecule has 6 nitrogen and oxygen atoms in total. The number of anilines is 2. The Labute approximate surface area is 129 Å². The lowest BCUT2D eigenvalue weighted by Crippen LogP contribution is -2.41. The maximum atomic E-state index is 12.4. The molecule has 0 unspecified atom stereocenters. The number of benzene rings is 1. The summed E-state index contributed by atoms with van der Waals surface area (Å²) < 4.78 is 5.26. The molecular weight excluding hydrogens is 280 g/mol. The van der Waals surface area contributed by atoms with Gasteiger partial charge in [0, 0.05) is 25.0 Å². The summed E-state index contributed by atoms with van der Waals surface area (Å²) in [5.41, 5.74) is 2.47. The van der Waals surface area contributed by atoms with Gasteiger partial charge < -0.3 is 15.0 Å². The number of nitrogens with zero attached hydrogens (tertiary/aromatic N) is 3. The molecule has 1 aliphatic rings. The molecule has 1 aromatic heterocycles. The molecule has 3 rings (SSSR count). The van der Waals surface area contributed by atoms with Gasteiger partial charge in [-0.25, -0.2) is 9.97 Å². The molecule has 0 bridgehead atoms. The first-order valence-corrected chi connectivity index (χ1v) is 7.26. The van der Waals surface area contributed by atoms with Crippen molar-refractivity contribution in [2.75, 3.05) is 31.6 Å². The quantitative estimate of drug-likeness (QED) is 0.938. The van der Waals surface area contributed by atoms with E-state index in [-0.39, 0.29) is 5.91 Å². The van der Waals surface area contributed by atoms with E-state index in [9.17, 15) is 4.79 Å². The number of carbonyl (C=O) groups excluding carboxylic acids is 1. The van der Waals surface area contributed by atoms with Gasteiger partial charge in [-0.05, 0) is 25.1 Å². The molecule has 1 amide bonds. The highest BCUT2D eigenvalue weighted by Gasteiger charge is 2.20. The zero-order valence-electron chi connectivity index (χ0n) is 12.5. The molecule has 1 aromatic carbocycles. The summed E-state index contributed by atoms with van der Waals surface area (Å²) in [7, 11) is 0. The van der Waals surface area contributed by atoms with Crippen LogP contribution in [-0.2, 0) is 4.74 Å². The molecule has 6 heteroatoms. The zero-order valence-corrected chi connectivity index (χ0v) is 12.5. The fourth-order valence-electron chi connectivity index (χ4n) is 2.23. The number of hydrogen-bond donors (Lipinski definition) is 1. The van der Waals surface area contributed by atoms with Gasteiger partial charge in [-0.2, -0.15) is 0 Å². The fraction of sp³-hybridized carbons (Fsp3) is 0.312. The lowest BCUT2D eigenvalue weighted by atomic mass is 10.2. The minimum absolute atomic E-state index is 0.0855. The summed E-state index contributed by atoms with van der Waals surface area (Å²) in [6, 6.07) is 9.55. The van der Waals surface area contributed by atoms with Crippen LogP contribution in [0.2, 0.25) is 0 Å². The fourth-order valence-corrected chi connectivity index (χ4v) is 2.23. The van der Waals surface area contributed by atoms with Crippen molar-refractivity contribution in [3.8, 4) is 0 Å². The number of hydrogen-bond acceptors (Lipinski definition) is 5. The summed E-state index contributed by atoms with van der Waals surface area (Å²) in [5, 5.41) is 3.11. The van der Waals surface area contributed by atoms with E-state index in [1.54, 1.807) is 17.2 Å². The molecule has 0 radical (unpaired) electrons. The van der Waals surface area contributed by atoms with Crippen LogP contribution in [-0.4, -0.2) is 47.1 Å². The average Bonchev–Trinajstić information content (AvgIpc) is 2.57. The van der Waals surface area contributed by atoms with Crippen LogP contribution in [0, 0.1) is 6.92 Å². The van der Waals surface area contributed by atoms with Crippen molar-refractivity contribution in [2.24, 2.45) is 0 Å². The van der Waals surface area contributed by atoms with E-state index in [1.807, 2.05) is 31.2 Å². The van der Waals surface area contributed by atoms with Crippen LogP contribution in [0.15, 0.2) is 36.5 Å². The smallest absolute Gasteiger partial charge is 0.272 e. The van der Waals surface area contributed by atoms with Crippen LogP contribution in [0.5, 0.6) is 0 Å². The van der Waals surface area contributed by atoms with Gasteiger partial charge in [0.05, 0.1) is 13.2 Å². The summed E-state index contributed by atoms with van der Waals surface area (Å²) in [5.74, 6) is 0.334. The topological polar surface area (TPSA) is 67.4 Å². The minimum Gasteiger partial charge on any atom is -0.378 e. The minimum atomic E-state index is -0.0855. The van der Waals surface area contributed by atoms with E-state index in [0.29, 0.717) is 37.9 Å². The van der Waals surface area contributed by atoms with Crippen LogP contribution in [0.3, 0.4) is 0 Å². The van der Waals surface area contributed by atoms with Crippen molar-refractivity contribution >= 4 is 17.5 Å². The Kier molecular flexibility index (Phi) is 4.29. The summed E-state index contributed by atoms with van der Waals surface area (Å²) in [4.78, 5) is 22.6. The Morgan fingerprint density at radius 3 is 2.64 bits per heavy atom. The van der Waals surface area contributed by atoms with Gasteiger partial charge in [0.1, 0.15) is 5.69 Å². The Balaban J connectivity index is 1.74. The second-order valence-electron chi connectivity index (χ2n) is 5.16. The van der Waals surface area contributed by atoms with Crippen LogP contribution in [0.4, 0.5) is 11.6 Å². The molecular formula is C16H18N4O2. The average molecular weight is 298 g/mol. The number of nitrogens with one attached hydrogen (secondary N) is 1. The molecule has 0 aliphatic carbocycles. The molecule has 1 saturated heterocycles. The Morgan fingerprint density at radius 1 is 1.18 bits per heavy atom. The summed E-state index contributed by atoms with van der Waals surface area (Å²) >= 11 is 0. The molecule has 114 valence electrons. The maximum Gasteiger partial charge on any atom is 0.272 e. The van der Waals surface area contributed by atoms with E-state index < -0.39 is 0 Å². The van der Waals surface area contributed by atoms with Gasteiger partial charge in [0.25, 0.3) is 5.91 Å². The predicted molar refractivity (Wildman–Crippen MR) is 83.2 cm³/mol. The Morgan fingerprint density at radius 2 is 1.91 bits per heavy atom.